The fourth-order valence-electron chi connectivity index (χ4n) is 1.04. The highest BCUT2D eigenvalue weighted by Crippen LogP contribution is 2.14. The number of hydrogen-bond acceptors (Lipinski definition) is 3. The summed E-state index contributed by atoms with van der Waals surface area (Å²) in [6.45, 7) is -2.11. The van der Waals surface area contributed by atoms with E-state index in [-0.39, 0.29) is 5.75 Å². The molecule has 0 radical (unpaired) electrons. The maximum absolute atomic E-state index is 11.8. The first-order valence-electron chi connectivity index (χ1n) is 4.52. The second-order valence-corrected chi connectivity index (χ2v) is 3.25. The van der Waals surface area contributed by atoms with Crippen LogP contribution in [0, 0.1) is 0 Å². The third-order valence-electron chi connectivity index (χ3n) is 1.75. The Bertz CT molecular complexity index is 288. The largest absolute Gasteiger partial charge is 0.435 e. The Morgan fingerprint density at radius 3 is 2.33 bits per heavy atom. The lowest BCUT2D eigenvalue weighted by Gasteiger charge is -2.12. The van der Waals surface area contributed by atoms with Gasteiger partial charge in [-0.05, 0) is 17.7 Å². The first kappa shape index (κ1) is 11.9. The van der Waals surface area contributed by atoms with Crippen molar-refractivity contribution in [2.45, 2.75) is 13.2 Å². The van der Waals surface area contributed by atoms with Gasteiger partial charge in [-0.1, -0.05) is 12.1 Å². The molecule has 1 rings (SSSR count). The number of nitrogens with zero attached hydrogens (tertiary/aromatic N) is 1. The predicted molar refractivity (Wildman–Crippen MR) is 53.6 cm³/mol. The summed E-state index contributed by atoms with van der Waals surface area (Å²) in [5, 5.41) is 1.82. The summed E-state index contributed by atoms with van der Waals surface area (Å²) >= 11 is 0. The van der Waals surface area contributed by atoms with Crippen molar-refractivity contribution >= 4 is 0 Å². The van der Waals surface area contributed by atoms with E-state index < -0.39 is 6.61 Å². The van der Waals surface area contributed by atoms with Crippen LogP contribution in [-0.2, 0) is 6.54 Å². The van der Waals surface area contributed by atoms with Gasteiger partial charge in [-0.15, -0.1) is 0 Å². The molecule has 0 aliphatic rings. The highest BCUT2D eigenvalue weighted by molar-refractivity contribution is 5.27. The SMILES string of the molecule is CN(C)NCc1ccc(OC(F)F)cc1. The van der Waals surface area contributed by atoms with Gasteiger partial charge >= 0.3 is 6.61 Å². The molecule has 0 aromatic heterocycles. The van der Waals surface area contributed by atoms with Gasteiger partial charge in [0.05, 0.1) is 0 Å². The molecule has 1 aromatic carbocycles. The molecule has 1 aromatic rings. The Morgan fingerprint density at radius 2 is 1.87 bits per heavy atom. The Hall–Kier alpha value is -1.20. The molecule has 0 saturated heterocycles. The van der Waals surface area contributed by atoms with Gasteiger partial charge in [-0.3, -0.25) is 10.4 Å². The first-order valence-corrected chi connectivity index (χ1v) is 4.52. The molecular formula is C10H14F2N2O. The lowest BCUT2D eigenvalue weighted by Crippen LogP contribution is -2.29. The van der Waals surface area contributed by atoms with Gasteiger partial charge in [0.15, 0.2) is 0 Å². The molecule has 0 aliphatic carbocycles. The summed E-state index contributed by atoms with van der Waals surface area (Å²) in [6, 6.07) is 6.54. The second-order valence-electron chi connectivity index (χ2n) is 3.25. The minimum atomic E-state index is -2.77. The Morgan fingerprint density at radius 1 is 1.27 bits per heavy atom. The van der Waals surface area contributed by atoms with Crippen molar-refractivity contribution in [1.29, 1.82) is 0 Å². The first-order chi connectivity index (χ1) is 7.08. The number of ether oxygens (including phenoxy) is 1. The Kier molecular flexibility index (Phi) is 4.45. The van der Waals surface area contributed by atoms with Crippen LogP contribution in [0.25, 0.3) is 0 Å². The molecule has 0 amide bonds. The van der Waals surface area contributed by atoms with Crippen LogP contribution in [0.3, 0.4) is 0 Å². The van der Waals surface area contributed by atoms with E-state index in [1.807, 2.05) is 19.1 Å². The van der Waals surface area contributed by atoms with Crippen molar-refractivity contribution in [3.63, 3.8) is 0 Å². The topological polar surface area (TPSA) is 24.5 Å². The minimum Gasteiger partial charge on any atom is -0.435 e. The second kappa shape index (κ2) is 5.63. The molecule has 0 bridgehead atoms. The number of hydrazine groups is 1. The molecule has 0 aliphatic heterocycles. The Balaban J connectivity index is 2.49. The molecule has 84 valence electrons. The van der Waals surface area contributed by atoms with Crippen LogP contribution >= 0.6 is 0 Å². The van der Waals surface area contributed by atoms with Crippen molar-refractivity contribution in [2.24, 2.45) is 0 Å². The lowest BCUT2D eigenvalue weighted by atomic mass is 10.2. The van der Waals surface area contributed by atoms with E-state index in [2.05, 4.69) is 10.2 Å². The summed E-state index contributed by atoms with van der Waals surface area (Å²) in [5.41, 5.74) is 4.07. The normalized spacial score (nSPS) is 11.1. The highest BCUT2D eigenvalue weighted by Gasteiger charge is 2.03. The summed E-state index contributed by atoms with van der Waals surface area (Å²) in [5.74, 6) is 0.179. The van der Waals surface area contributed by atoms with E-state index in [1.54, 1.807) is 12.1 Å². The van der Waals surface area contributed by atoms with Gasteiger partial charge in [-0.25, -0.2) is 0 Å². The molecule has 0 heterocycles. The fourth-order valence-corrected chi connectivity index (χ4v) is 1.04. The van der Waals surface area contributed by atoms with Gasteiger partial charge in [0.2, 0.25) is 0 Å². The minimum absolute atomic E-state index is 0.179. The monoisotopic (exact) mass is 216 g/mol. The zero-order chi connectivity index (χ0) is 11.3. The molecule has 1 N–H and O–H groups in total. The lowest BCUT2D eigenvalue weighted by molar-refractivity contribution is -0.0498. The zero-order valence-electron chi connectivity index (χ0n) is 8.71. The standard InChI is InChI=1S/C10H14F2N2O/c1-14(2)13-7-8-3-5-9(6-4-8)15-10(11)12/h3-6,10,13H,7H2,1-2H3. The number of benzene rings is 1. The average molecular weight is 216 g/mol. The summed E-state index contributed by atoms with van der Waals surface area (Å²) in [6.07, 6.45) is 0. The van der Waals surface area contributed by atoms with Crippen LogP contribution in [0.5, 0.6) is 5.75 Å². The van der Waals surface area contributed by atoms with Gasteiger partial charge in [0.1, 0.15) is 5.75 Å². The van der Waals surface area contributed by atoms with Crippen LogP contribution in [0.15, 0.2) is 24.3 Å². The number of halogens is 2. The van der Waals surface area contributed by atoms with E-state index in [1.165, 1.54) is 12.1 Å². The van der Waals surface area contributed by atoms with E-state index in [0.29, 0.717) is 6.54 Å². The van der Waals surface area contributed by atoms with Crippen molar-refractivity contribution in [3.8, 4) is 5.75 Å². The van der Waals surface area contributed by atoms with Crippen molar-refractivity contribution in [2.75, 3.05) is 14.1 Å². The predicted octanol–water partition coefficient (Wildman–Crippen LogP) is 1.85. The molecular weight excluding hydrogens is 202 g/mol. The van der Waals surface area contributed by atoms with Gasteiger partial charge in [0, 0.05) is 20.6 Å². The van der Waals surface area contributed by atoms with Crippen LogP contribution in [-0.4, -0.2) is 25.7 Å². The molecule has 5 heteroatoms. The average Bonchev–Trinajstić information content (AvgIpc) is 2.16. The van der Waals surface area contributed by atoms with Crippen molar-refractivity contribution < 1.29 is 13.5 Å². The van der Waals surface area contributed by atoms with Crippen LogP contribution < -0.4 is 10.2 Å². The third kappa shape index (κ3) is 4.71. The molecule has 0 fully saturated rings. The smallest absolute Gasteiger partial charge is 0.387 e. The van der Waals surface area contributed by atoms with E-state index in [0.717, 1.165) is 5.56 Å². The summed E-state index contributed by atoms with van der Waals surface area (Å²) < 4.78 is 27.9. The maximum Gasteiger partial charge on any atom is 0.387 e. The molecule has 15 heavy (non-hydrogen) atoms. The number of nitrogens with one attached hydrogen (secondary N) is 1. The highest BCUT2D eigenvalue weighted by atomic mass is 19.3. The van der Waals surface area contributed by atoms with Gasteiger partial charge in [-0.2, -0.15) is 8.78 Å². The van der Waals surface area contributed by atoms with Crippen LogP contribution in [0.1, 0.15) is 5.56 Å². The zero-order valence-corrected chi connectivity index (χ0v) is 8.71. The van der Waals surface area contributed by atoms with Crippen molar-refractivity contribution in [3.05, 3.63) is 29.8 Å². The fraction of sp³-hybridized carbons (Fsp3) is 0.400. The molecule has 0 unspecified atom stereocenters. The van der Waals surface area contributed by atoms with Gasteiger partial charge < -0.3 is 4.74 Å². The van der Waals surface area contributed by atoms with Gasteiger partial charge in [0.25, 0.3) is 0 Å². The molecule has 0 spiro atoms. The maximum atomic E-state index is 11.8. The summed E-state index contributed by atoms with van der Waals surface area (Å²) in [4.78, 5) is 0. The number of alkyl halides is 2. The molecule has 0 saturated carbocycles. The summed E-state index contributed by atoms with van der Waals surface area (Å²) in [7, 11) is 3.77. The van der Waals surface area contributed by atoms with Crippen LogP contribution in [0.2, 0.25) is 0 Å². The molecule has 0 atom stereocenters. The quantitative estimate of drug-likeness (QED) is 0.760. The van der Waals surface area contributed by atoms with Crippen LogP contribution in [0.4, 0.5) is 8.78 Å². The number of rotatable bonds is 5. The van der Waals surface area contributed by atoms with Crippen molar-refractivity contribution in [1.82, 2.24) is 10.4 Å². The van der Waals surface area contributed by atoms with E-state index >= 15 is 0 Å². The van der Waals surface area contributed by atoms with E-state index in [4.69, 9.17) is 0 Å². The molecule has 3 nitrogen and oxygen atoms in total. The third-order valence-corrected chi connectivity index (χ3v) is 1.75. The van der Waals surface area contributed by atoms with E-state index in [9.17, 15) is 8.78 Å². The number of hydrogen-bond donors (Lipinski definition) is 1. The Labute approximate surface area is 87.6 Å².